The quantitative estimate of drug-likeness (QED) is 0.775. The summed E-state index contributed by atoms with van der Waals surface area (Å²) in [5.74, 6) is -1.61. The first-order chi connectivity index (χ1) is 7.49. The second kappa shape index (κ2) is 5.62. The third-order valence-corrected chi connectivity index (χ3v) is 2.32. The van der Waals surface area contributed by atoms with Crippen molar-refractivity contribution >= 4 is 33.5 Å². The number of carbonyl (C=O) groups is 2. The number of halogens is 1. The number of amides is 1. The van der Waals surface area contributed by atoms with Crippen molar-refractivity contribution in [3.05, 3.63) is 28.7 Å². The molecule has 0 saturated carbocycles. The number of carboxylic acid groups (broad SMARTS) is 1. The first-order valence-electron chi connectivity index (χ1n) is 4.53. The second-order valence-corrected chi connectivity index (χ2v) is 4.12. The molecule has 1 rings (SSSR count). The molecule has 0 radical (unpaired) electrons. The Morgan fingerprint density at radius 3 is 2.75 bits per heavy atom. The summed E-state index contributed by atoms with van der Waals surface area (Å²) < 4.78 is 0.817. The minimum atomic E-state index is -1.10. The molecule has 0 fully saturated rings. The predicted octanol–water partition coefficient (Wildman–Crippen LogP) is 1.19. The van der Waals surface area contributed by atoms with E-state index in [0.29, 0.717) is 5.69 Å². The zero-order chi connectivity index (χ0) is 12.1. The van der Waals surface area contributed by atoms with Gasteiger partial charge in [-0.25, -0.2) is 0 Å². The van der Waals surface area contributed by atoms with E-state index in [0.717, 1.165) is 4.47 Å². The lowest BCUT2D eigenvalue weighted by molar-refractivity contribution is -0.138. The first kappa shape index (κ1) is 12.7. The summed E-state index contributed by atoms with van der Waals surface area (Å²) in [7, 11) is 0. The fourth-order valence-electron chi connectivity index (χ4n) is 1.08. The topological polar surface area (TPSA) is 92.4 Å². The van der Waals surface area contributed by atoms with Crippen molar-refractivity contribution in [3.8, 4) is 0 Å². The fraction of sp³-hybridized carbons (Fsp3) is 0.200. The molecule has 0 bridgehead atoms. The average Bonchev–Trinajstić information content (AvgIpc) is 2.16. The van der Waals surface area contributed by atoms with E-state index in [1.54, 1.807) is 18.2 Å². The minimum Gasteiger partial charge on any atom is -0.481 e. The van der Waals surface area contributed by atoms with Crippen LogP contribution in [-0.4, -0.2) is 23.0 Å². The van der Waals surface area contributed by atoms with Crippen LogP contribution in [0.2, 0.25) is 0 Å². The lowest BCUT2D eigenvalue weighted by Crippen LogP contribution is -2.37. The number of nitrogens with one attached hydrogen (secondary N) is 1. The molecular formula is C10H11BrN2O3. The van der Waals surface area contributed by atoms with Crippen LogP contribution in [0.1, 0.15) is 6.42 Å². The summed E-state index contributed by atoms with van der Waals surface area (Å²) in [6.45, 7) is 0. The van der Waals surface area contributed by atoms with Crippen molar-refractivity contribution < 1.29 is 14.7 Å². The van der Waals surface area contributed by atoms with Gasteiger partial charge in [-0.1, -0.05) is 22.0 Å². The highest BCUT2D eigenvalue weighted by molar-refractivity contribution is 9.10. The molecule has 4 N–H and O–H groups in total. The molecular weight excluding hydrogens is 276 g/mol. The zero-order valence-corrected chi connectivity index (χ0v) is 9.90. The van der Waals surface area contributed by atoms with Gasteiger partial charge in [0.25, 0.3) is 0 Å². The third kappa shape index (κ3) is 4.00. The molecule has 1 atom stereocenters. The van der Waals surface area contributed by atoms with Crippen molar-refractivity contribution in [2.45, 2.75) is 12.5 Å². The van der Waals surface area contributed by atoms with Gasteiger partial charge in [-0.15, -0.1) is 0 Å². The molecule has 6 heteroatoms. The maximum absolute atomic E-state index is 11.4. The van der Waals surface area contributed by atoms with E-state index in [4.69, 9.17) is 10.8 Å². The number of aliphatic carboxylic acids is 1. The van der Waals surface area contributed by atoms with Gasteiger partial charge in [0.05, 0.1) is 12.5 Å². The van der Waals surface area contributed by atoms with Crippen LogP contribution >= 0.6 is 15.9 Å². The Morgan fingerprint density at radius 1 is 1.50 bits per heavy atom. The molecule has 1 unspecified atom stereocenters. The largest absolute Gasteiger partial charge is 0.481 e. The summed E-state index contributed by atoms with van der Waals surface area (Å²) in [5.41, 5.74) is 5.97. The molecule has 5 nitrogen and oxygen atoms in total. The number of benzene rings is 1. The molecule has 0 aliphatic heterocycles. The Hall–Kier alpha value is -1.40. The lowest BCUT2D eigenvalue weighted by Gasteiger charge is -2.10. The fourth-order valence-corrected chi connectivity index (χ4v) is 1.48. The van der Waals surface area contributed by atoms with Gasteiger partial charge in [0, 0.05) is 10.2 Å². The highest BCUT2D eigenvalue weighted by atomic mass is 79.9. The highest BCUT2D eigenvalue weighted by Gasteiger charge is 2.16. The first-order valence-corrected chi connectivity index (χ1v) is 5.32. The van der Waals surface area contributed by atoms with Crippen LogP contribution in [-0.2, 0) is 9.59 Å². The standard InChI is InChI=1S/C10H11BrN2O3/c11-6-2-1-3-7(4-6)13-10(16)8(12)5-9(14)15/h1-4,8H,5,12H2,(H,13,16)(H,14,15). The molecule has 0 aliphatic rings. The van der Waals surface area contributed by atoms with E-state index in [-0.39, 0.29) is 6.42 Å². The van der Waals surface area contributed by atoms with Crippen LogP contribution in [0.5, 0.6) is 0 Å². The number of anilines is 1. The smallest absolute Gasteiger partial charge is 0.305 e. The average molecular weight is 287 g/mol. The van der Waals surface area contributed by atoms with Crippen molar-refractivity contribution in [3.63, 3.8) is 0 Å². The van der Waals surface area contributed by atoms with Crippen LogP contribution in [0, 0.1) is 0 Å². The Bertz CT molecular complexity index is 409. The third-order valence-electron chi connectivity index (χ3n) is 1.82. The van der Waals surface area contributed by atoms with Crippen LogP contribution < -0.4 is 11.1 Å². The number of carboxylic acids is 1. The number of nitrogens with two attached hydrogens (primary N) is 1. The van der Waals surface area contributed by atoms with Gasteiger partial charge < -0.3 is 16.2 Å². The monoisotopic (exact) mass is 286 g/mol. The Labute approximate surface area is 101 Å². The SMILES string of the molecule is NC(CC(=O)O)C(=O)Nc1cccc(Br)c1. The molecule has 1 aromatic rings. The number of rotatable bonds is 4. The molecule has 0 spiro atoms. The van der Waals surface area contributed by atoms with Gasteiger partial charge in [0.2, 0.25) is 5.91 Å². The second-order valence-electron chi connectivity index (χ2n) is 3.20. The molecule has 0 aliphatic carbocycles. The summed E-state index contributed by atoms with van der Waals surface area (Å²) in [4.78, 5) is 21.8. The summed E-state index contributed by atoms with van der Waals surface area (Å²) in [5, 5.41) is 11.0. The van der Waals surface area contributed by atoms with E-state index in [1.807, 2.05) is 6.07 Å². The van der Waals surface area contributed by atoms with Gasteiger partial charge in [0.1, 0.15) is 0 Å². The zero-order valence-electron chi connectivity index (χ0n) is 8.31. The lowest BCUT2D eigenvalue weighted by atomic mass is 10.2. The molecule has 0 saturated heterocycles. The van der Waals surface area contributed by atoms with Crippen molar-refractivity contribution in [1.29, 1.82) is 0 Å². The Morgan fingerprint density at radius 2 is 2.19 bits per heavy atom. The van der Waals surface area contributed by atoms with E-state index in [9.17, 15) is 9.59 Å². The van der Waals surface area contributed by atoms with Gasteiger partial charge in [-0.2, -0.15) is 0 Å². The normalized spacial score (nSPS) is 11.9. The predicted molar refractivity (Wildman–Crippen MR) is 63.0 cm³/mol. The minimum absolute atomic E-state index is 0.389. The number of carbonyl (C=O) groups excluding carboxylic acids is 1. The Balaban J connectivity index is 2.60. The van der Waals surface area contributed by atoms with Crippen molar-refractivity contribution in [2.75, 3.05) is 5.32 Å². The van der Waals surface area contributed by atoms with Crippen LogP contribution in [0.3, 0.4) is 0 Å². The molecule has 16 heavy (non-hydrogen) atoms. The molecule has 0 heterocycles. The van der Waals surface area contributed by atoms with Gasteiger partial charge in [-0.3, -0.25) is 9.59 Å². The van der Waals surface area contributed by atoms with Gasteiger partial charge in [0.15, 0.2) is 0 Å². The van der Waals surface area contributed by atoms with E-state index in [1.165, 1.54) is 0 Å². The summed E-state index contributed by atoms with van der Waals surface area (Å²) >= 11 is 3.25. The molecule has 0 aromatic heterocycles. The van der Waals surface area contributed by atoms with Crippen LogP contribution in [0.15, 0.2) is 28.7 Å². The molecule has 1 aromatic carbocycles. The van der Waals surface area contributed by atoms with E-state index < -0.39 is 17.9 Å². The van der Waals surface area contributed by atoms with Crippen molar-refractivity contribution in [1.82, 2.24) is 0 Å². The number of hydrogen-bond donors (Lipinski definition) is 3. The molecule has 86 valence electrons. The Kier molecular flexibility index (Phi) is 4.45. The maximum atomic E-state index is 11.4. The summed E-state index contributed by atoms with van der Waals surface area (Å²) in [6, 6.07) is 5.91. The van der Waals surface area contributed by atoms with Crippen LogP contribution in [0.4, 0.5) is 5.69 Å². The van der Waals surface area contributed by atoms with Gasteiger partial charge >= 0.3 is 5.97 Å². The maximum Gasteiger partial charge on any atom is 0.305 e. The molecule has 1 amide bonds. The van der Waals surface area contributed by atoms with E-state index >= 15 is 0 Å². The van der Waals surface area contributed by atoms with Crippen molar-refractivity contribution in [2.24, 2.45) is 5.73 Å². The van der Waals surface area contributed by atoms with E-state index in [2.05, 4.69) is 21.2 Å². The number of hydrogen-bond acceptors (Lipinski definition) is 3. The van der Waals surface area contributed by atoms with Gasteiger partial charge in [-0.05, 0) is 18.2 Å². The summed E-state index contributed by atoms with van der Waals surface area (Å²) in [6.07, 6.45) is -0.389. The van der Waals surface area contributed by atoms with Crippen LogP contribution in [0.25, 0.3) is 0 Å². The highest BCUT2D eigenvalue weighted by Crippen LogP contribution is 2.15.